The molecule has 1 aromatic carbocycles. The molecule has 0 saturated heterocycles. The number of carbonyl (C=O) groups excluding carboxylic acids is 1. The Hall–Kier alpha value is -2.78. The van der Waals surface area contributed by atoms with Crippen LogP contribution in [-0.4, -0.2) is 21.0 Å². The highest BCUT2D eigenvalue weighted by Crippen LogP contribution is 2.31. The second-order valence-electron chi connectivity index (χ2n) is 5.22. The molecule has 3 aromatic rings. The van der Waals surface area contributed by atoms with E-state index in [1.165, 1.54) is 12.3 Å². The SMILES string of the molecule is C=CC(=O)NCc1cc(-c2nccc(Nc3ccc(Br)c(Cl)c3F)n2)on1. The molecule has 3 rings (SSSR count). The van der Waals surface area contributed by atoms with Crippen molar-refractivity contribution in [3.05, 3.63) is 64.1 Å². The summed E-state index contributed by atoms with van der Waals surface area (Å²) in [6.45, 7) is 3.54. The number of hydrogen-bond donors (Lipinski definition) is 2. The third kappa shape index (κ3) is 4.50. The number of amides is 1. The number of nitrogens with zero attached hydrogens (tertiary/aromatic N) is 3. The van der Waals surface area contributed by atoms with Gasteiger partial charge in [-0.25, -0.2) is 14.4 Å². The smallest absolute Gasteiger partial charge is 0.243 e. The second kappa shape index (κ2) is 8.28. The molecule has 0 aliphatic carbocycles. The van der Waals surface area contributed by atoms with Crippen molar-refractivity contribution in [1.29, 1.82) is 0 Å². The van der Waals surface area contributed by atoms with Crippen molar-refractivity contribution in [2.45, 2.75) is 6.54 Å². The number of rotatable bonds is 6. The van der Waals surface area contributed by atoms with Crippen molar-refractivity contribution in [3.63, 3.8) is 0 Å². The Morgan fingerprint density at radius 2 is 2.22 bits per heavy atom. The lowest BCUT2D eigenvalue weighted by Crippen LogP contribution is -2.19. The summed E-state index contributed by atoms with van der Waals surface area (Å²) in [4.78, 5) is 19.6. The predicted octanol–water partition coefficient (Wildman–Crippen LogP) is 4.23. The van der Waals surface area contributed by atoms with Gasteiger partial charge in [-0.2, -0.15) is 0 Å². The Balaban J connectivity index is 1.78. The van der Waals surface area contributed by atoms with Crippen molar-refractivity contribution in [1.82, 2.24) is 20.4 Å². The van der Waals surface area contributed by atoms with Crippen molar-refractivity contribution in [2.24, 2.45) is 0 Å². The number of anilines is 2. The van der Waals surface area contributed by atoms with E-state index in [0.29, 0.717) is 21.7 Å². The van der Waals surface area contributed by atoms with Crippen LogP contribution in [0.1, 0.15) is 5.69 Å². The van der Waals surface area contributed by atoms with Crippen LogP contribution in [0.4, 0.5) is 15.9 Å². The Labute approximate surface area is 166 Å². The van der Waals surface area contributed by atoms with Crippen molar-refractivity contribution >= 4 is 44.9 Å². The van der Waals surface area contributed by atoms with Crippen LogP contribution in [-0.2, 0) is 11.3 Å². The van der Waals surface area contributed by atoms with Crippen molar-refractivity contribution in [2.75, 3.05) is 5.32 Å². The van der Waals surface area contributed by atoms with Gasteiger partial charge in [0.05, 0.1) is 17.3 Å². The molecular weight excluding hydrogens is 441 g/mol. The first-order valence-electron chi connectivity index (χ1n) is 7.57. The minimum atomic E-state index is -0.605. The van der Waals surface area contributed by atoms with E-state index in [2.05, 4.69) is 48.3 Å². The van der Waals surface area contributed by atoms with Gasteiger partial charge < -0.3 is 15.2 Å². The number of nitrogens with one attached hydrogen (secondary N) is 2. The number of halogens is 3. The molecular formula is C17H12BrClFN5O2. The molecule has 1 amide bonds. The summed E-state index contributed by atoms with van der Waals surface area (Å²) in [6.07, 6.45) is 2.65. The lowest BCUT2D eigenvalue weighted by Gasteiger charge is -2.09. The van der Waals surface area contributed by atoms with Gasteiger partial charge in [0.25, 0.3) is 0 Å². The van der Waals surface area contributed by atoms with Crippen LogP contribution in [0.25, 0.3) is 11.6 Å². The van der Waals surface area contributed by atoms with E-state index in [1.54, 1.807) is 18.2 Å². The molecule has 0 radical (unpaired) electrons. The monoisotopic (exact) mass is 451 g/mol. The molecule has 2 aromatic heterocycles. The van der Waals surface area contributed by atoms with Gasteiger partial charge in [-0.1, -0.05) is 23.3 Å². The first-order valence-corrected chi connectivity index (χ1v) is 8.75. The van der Waals surface area contributed by atoms with Crippen LogP contribution in [0.5, 0.6) is 0 Å². The fraction of sp³-hybridized carbons (Fsp3) is 0.0588. The van der Waals surface area contributed by atoms with Gasteiger partial charge >= 0.3 is 0 Å². The third-order valence-electron chi connectivity index (χ3n) is 3.36. The van der Waals surface area contributed by atoms with Gasteiger partial charge in [0.2, 0.25) is 17.5 Å². The van der Waals surface area contributed by atoms with Gasteiger partial charge in [-0.05, 0) is 40.2 Å². The molecule has 0 atom stereocenters. The fourth-order valence-electron chi connectivity index (χ4n) is 2.06. The molecule has 0 bridgehead atoms. The molecule has 27 heavy (non-hydrogen) atoms. The van der Waals surface area contributed by atoms with Gasteiger partial charge in [0, 0.05) is 16.7 Å². The molecule has 2 heterocycles. The van der Waals surface area contributed by atoms with Gasteiger partial charge in [-0.3, -0.25) is 4.79 Å². The van der Waals surface area contributed by atoms with E-state index in [0.717, 1.165) is 6.08 Å². The molecule has 0 aliphatic heterocycles. The fourth-order valence-corrected chi connectivity index (χ4v) is 2.53. The Kier molecular flexibility index (Phi) is 5.82. The maximum Gasteiger partial charge on any atom is 0.243 e. The van der Waals surface area contributed by atoms with E-state index in [4.69, 9.17) is 16.1 Å². The zero-order chi connectivity index (χ0) is 19.4. The van der Waals surface area contributed by atoms with E-state index >= 15 is 0 Å². The van der Waals surface area contributed by atoms with E-state index in [1.807, 2.05) is 0 Å². The van der Waals surface area contributed by atoms with E-state index in [-0.39, 0.29) is 29.0 Å². The number of benzene rings is 1. The predicted molar refractivity (Wildman–Crippen MR) is 102 cm³/mol. The van der Waals surface area contributed by atoms with Crippen molar-refractivity contribution < 1.29 is 13.7 Å². The molecule has 2 N–H and O–H groups in total. The lowest BCUT2D eigenvalue weighted by molar-refractivity contribution is -0.116. The highest BCUT2D eigenvalue weighted by Gasteiger charge is 2.13. The van der Waals surface area contributed by atoms with Crippen LogP contribution in [0.15, 0.2) is 52.1 Å². The minimum absolute atomic E-state index is 0.0317. The number of carbonyl (C=O) groups is 1. The zero-order valence-corrected chi connectivity index (χ0v) is 16.0. The van der Waals surface area contributed by atoms with E-state index < -0.39 is 5.82 Å². The summed E-state index contributed by atoms with van der Waals surface area (Å²) in [5, 5.41) is 9.24. The summed E-state index contributed by atoms with van der Waals surface area (Å²) < 4.78 is 19.9. The lowest BCUT2D eigenvalue weighted by atomic mass is 10.3. The molecule has 0 spiro atoms. The summed E-state index contributed by atoms with van der Waals surface area (Å²) in [5.74, 6) is -0.0354. The average molecular weight is 453 g/mol. The second-order valence-corrected chi connectivity index (χ2v) is 6.45. The molecule has 7 nitrogen and oxygen atoms in total. The average Bonchev–Trinajstić information content (AvgIpc) is 3.16. The Bertz CT molecular complexity index is 1010. The van der Waals surface area contributed by atoms with Crippen LogP contribution in [0.2, 0.25) is 5.02 Å². The largest absolute Gasteiger partial charge is 0.353 e. The van der Waals surface area contributed by atoms with Gasteiger partial charge in [0.15, 0.2) is 5.82 Å². The summed E-state index contributed by atoms with van der Waals surface area (Å²) in [5.41, 5.74) is 0.658. The highest BCUT2D eigenvalue weighted by molar-refractivity contribution is 9.10. The molecule has 0 aliphatic rings. The standard InChI is InChI=1S/C17H12BrClFN5O2/c1-2-14(26)22-8-9-7-12(27-25-9)17-21-6-5-13(24-17)23-11-4-3-10(18)15(19)16(11)20/h2-7H,1,8H2,(H,22,26)(H,21,23,24). The first kappa shape index (κ1) is 19.0. The summed E-state index contributed by atoms with van der Waals surface area (Å²) >= 11 is 9.05. The van der Waals surface area contributed by atoms with Crippen LogP contribution >= 0.6 is 27.5 Å². The van der Waals surface area contributed by atoms with Crippen LogP contribution < -0.4 is 10.6 Å². The Morgan fingerprint density at radius 1 is 1.41 bits per heavy atom. The highest BCUT2D eigenvalue weighted by atomic mass is 79.9. The van der Waals surface area contributed by atoms with Crippen molar-refractivity contribution in [3.8, 4) is 11.6 Å². The third-order valence-corrected chi connectivity index (χ3v) is 4.62. The maximum absolute atomic E-state index is 14.2. The van der Waals surface area contributed by atoms with E-state index in [9.17, 15) is 9.18 Å². The molecule has 10 heteroatoms. The first-order chi connectivity index (χ1) is 13.0. The summed E-state index contributed by atoms with van der Waals surface area (Å²) in [6, 6.07) is 6.32. The molecule has 0 saturated carbocycles. The molecule has 0 fully saturated rings. The molecule has 138 valence electrons. The zero-order valence-electron chi connectivity index (χ0n) is 13.7. The van der Waals surface area contributed by atoms with Gasteiger partial charge in [-0.15, -0.1) is 0 Å². The topological polar surface area (TPSA) is 92.9 Å². The quantitative estimate of drug-likeness (QED) is 0.429. The van der Waals surface area contributed by atoms with Gasteiger partial charge in [0.1, 0.15) is 11.5 Å². The summed E-state index contributed by atoms with van der Waals surface area (Å²) in [7, 11) is 0. The molecule has 0 unspecified atom stereocenters. The minimum Gasteiger partial charge on any atom is -0.353 e. The normalized spacial score (nSPS) is 10.5. The Morgan fingerprint density at radius 3 is 3.00 bits per heavy atom. The van der Waals surface area contributed by atoms with Crippen LogP contribution in [0.3, 0.4) is 0 Å². The maximum atomic E-state index is 14.2. The number of aromatic nitrogens is 3. The number of hydrogen-bond acceptors (Lipinski definition) is 6. The van der Waals surface area contributed by atoms with Crippen LogP contribution in [0, 0.1) is 5.82 Å².